The van der Waals surface area contributed by atoms with Gasteiger partial charge in [-0.15, -0.1) is 0 Å². The van der Waals surface area contributed by atoms with Crippen molar-refractivity contribution in [3.05, 3.63) is 53.1 Å². The number of aryl methyl sites for hydroxylation is 2. The zero-order chi connectivity index (χ0) is 18.3. The van der Waals surface area contributed by atoms with Crippen LogP contribution in [0, 0.1) is 13.8 Å². The van der Waals surface area contributed by atoms with Gasteiger partial charge in [0.25, 0.3) is 0 Å². The number of fused-ring (bicyclic) bond motifs is 1. The van der Waals surface area contributed by atoms with Crippen LogP contribution in [0.5, 0.6) is 11.5 Å². The van der Waals surface area contributed by atoms with E-state index in [1.54, 1.807) is 14.2 Å². The fraction of sp³-hybridized carbons (Fsp3) is 0.286. The fourth-order valence-corrected chi connectivity index (χ4v) is 3.47. The molecular formula is C21H23N3O2. The van der Waals surface area contributed by atoms with Gasteiger partial charge in [0.15, 0.2) is 0 Å². The second-order valence-electron chi connectivity index (χ2n) is 6.66. The Morgan fingerprint density at radius 2 is 1.73 bits per heavy atom. The van der Waals surface area contributed by atoms with Crippen molar-refractivity contribution in [2.45, 2.75) is 20.3 Å². The number of rotatable bonds is 4. The SMILES string of the molecule is COc1cc(OC)cc(-c2nn(-c3cc(C)ccc3C)c3c2CCN3)c1. The van der Waals surface area contributed by atoms with Gasteiger partial charge in [-0.05, 0) is 49.6 Å². The Hall–Kier alpha value is -2.95. The van der Waals surface area contributed by atoms with Crippen LogP contribution in [0.15, 0.2) is 36.4 Å². The third kappa shape index (κ3) is 2.69. The quantitative estimate of drug-likeness (QED) is 0.769. The first-order valence-corrected chi connectivity index (χ1v) is 8.77. The fourth-order valence-electron chi connectivity index (χ4n) is 3.47. The maximum Gasteiger partial charge on any atom is 0.133 e. The van der Waals surface area contributed by atoms with Gasteiger partial charge < -0.3 is 14.8 Å². The van der Waals surface area contributed by atoms with Crippen LogP contribution < -0.4 is 14.8 Å². The van der Waals surface area contributed by atoms with Gasteiger partial charge in [0.1, 0.15) is 17.3 Å². The predicted octanol–water partition coefficient (Wildman–Crippen LogP) is 4.14. The van der Waals surface area contributed by atoms with Gasteiger partial charge >= 0.3 is 0 Å². The lowest BCUT2D eigenvalue weighted by Crippen LogP contribution is -2.06. The van der Waals surface area contributed by atoms with E-state index in [0.717, 1.165) is 47.2 Å². The van der Waals surface area contributed by atoms with E-state index in [1.807, 2.05) is 22.9 Å². The number of hydrogen-bond donors (Lipinski definition) is 1. The van der Waals surface area contributed by atoms with Crippen molar-refractivity contribution >= 4 is 5.82 Å². The molecule has 0 unspecified atom stereocenters. The molecule has 0 saturated heterocycles. The third-order valence-electron chi connectivity index (χ3n) is 4.87. The van der Waals surface area contributed by atoms with E-state index in [1.165, 1.54) is 16.7 Å². The highest BCUT2D eigenvalue weighted by molar-refractivity contribution is 5.75. The summed E-state index contributed by atoms with van der Waals surface area (Å²) in [6.45, 7) is 5.14. The molecule has 0 bridgehead atoms. The summed E-state index contributed by atoms with van der Waals surface area (Å²) in [4.78, 5) is 0. The summed E-state index contributed by atoms with van der Waals surface area (Å²) < 4.78 is 12.9. The van der Waals surface area contributed by atoms with Gasteiger partial charge in [0, 0.05) is 23.7 Å². The Bertz CT molecular complexity index is 953. The Morgan fingerprint density at radius 3 is 2.42 bits per heavy atom. The molecule has 0 fully saturated rings. The molecule has 0 atom stereocenters. The summed E-state index contributed by atoms with van der Waals surface area (Å²) in [5.41, 5.74) is 6.74. The summed E-state index contributed by atoms with van der Waals surface area (Å²) in [7, 11) is 3.33. The molecule has 2 heterocycles. The van der Waals surface area contributed by atoms with E-state index in [2.05, 4.69) is 37.4 Å². The molecule has 4 rings (SSSR count). The van der Waals surface area contributed by atoms with Crippen molar-refractivity contribution in [1.29, 1.82) is 0 Å². The first-order chi connectivity index (χ1) is 12.6. The molecule has 0 spiro atoms. The normalized spacial score (nSPS) is 12.6. The maximum atomic E-state index is 5.43. The Kier molecular flexibility index (Phi) is 4.07. The van der Waals surface area contributed by atoms with Gasteiger partial charge in [-0.2, -0.15) is 5.10 Å². The molecule has 26 heavy (non-hydrogen) atoms. The molecule has 2 aromatic carbocycles. The second-order valence-corrected chi connectivity index (χ2v) is 6.66. The van der Waals surface area contributed by atoms with Crippen LogP contribution in [0.4, 0.5) is 5.82 Å². The van der Waals surface area contributed by atoms with Crippen LogP contribution in [0.25, 0.3) is 16.9 Å². The molecule has 5 nitrogen and oxygen atoms in total. The molecule has 0 amide bonds. The number of hydrogen-bond acceptors (Lipinski definition) is 4. The molecule has 1 N–H and O–H groups in total. The summed E-state index contributed by atoms with van der Waals surface area (Å²) in [5, 5.41) is 8.47. The van der Waals surface area contributed by atoms with Crippen molar-refractivity contribution < 1.29 is 9.47 Å². The van der Waals surface area contributed by atoms with Crippen molar-refractivity contribution in [2.75, 3.05) is 26.1 Å². The lowest BCUT2D eigenvalue weighted by molar-refractivity contribution is 0.394. The zero-order valence-corrected chi connectivity index (χ0v) is 15.6. The van der Waals surface area contributed by atoms with E-state index in [9.17, 15) is 0 Å². The smallest absolute Gasteiger partial charge is 0.133 e. The Balaban J connectivity index is 1.91. The number of nitrogens with zero attached hydrogens (tertiary/aromatic N) is 2. The molecule has 0 saturated carbocycles. The number of methoxy groups -OCH3 is 2. The standard InChI is InChI=1S/C21H23N3O2/c1-13-5-6-14(2)19(9-13)24-21-18(7-8-22-21)20(23-24)15-10-16(25-3)12-17(11-15)26-4/h5-6,9-12,22H,7-8H2,1-4H3. The van der Waals surface area contributed by atoms with Crippen molar-refractivity contribution in [1.82, 2.24) is 9.78 Å². The molecule has 0 aliphatic carbocycles. The number of ether oxygens (including phenoxy) is 2. The highest BCUT2D eigenvalue weighted by atomic mass is 16.5. The zero-order valence-electron chi connectivity index (χ0n) is 15.6. The van der Waals surface area contributed by atoms with E-state index >= 15 is 0 Å². The number of anilines is 1. The average Bonchev–Trinajstić information content (AvgIpc) is 3.26. The van der Waals surface area contributed by atoms with Gasteiger partial charge in [-0.1, -0.05) is 12.1 Å². The van der Waals surface area contributed by atoms with Crippen molar-refractivity contribution in [3.8, 4) is 28.4 Å². The first kappa shape index (κ1) is 16.5. The minimum absolute atomic E-state index is 0.764. The minimum Gasteiger partial charge on any atom is -0.497 e. The highest BCUT2D eigenvalue weighted by Gasteiger charge is 2.25. The third-order valence-corrected chi connectivity index (χ3v) is 4.87. The largest absolute Gasteiger partial charge is 0.497 e. The lowest BCUT2D eigenvalue weighted by Gasteiger charge is -2.11. The first-order valence-electron chi connectivity index (χ1n) is 8.77. The molecular weight excluding hydrogens is 326 g/mol. The number of aromatic nitrogens is 2. The van der Waals surface area contributed by atoms with Crippen LogP contribution in [-0.4, -0.2) is 30.5 Å². The van der Waals surface area contributed by atoms with E-state index < -0.39 is 0 Å². The van der Waals surface area contributed by atoms with Crippen LogP contribution in [0.1, 0.15) is 16.7 Å². The lowest BCUT2D eigenvalue weighted by atomic mass is 10.1. The van der Waals surface area contributed by atoms with Gasteiger partial charge in [-0.3, -0.25) is 0 Å². The Morgan fingerprint density at radius 1 is 1.00 bits per heavy atom. The summed E-state index contributed by atoms with van der Waals surface area (Å²) in [6.07, 6.45) is 0.953. The topological polar surface area (TPSA) is 48.3 Å². The molecule has 0 radical (unpaired) electrons. The molecule has 1 aliphatic rings. The molecule has 1 aliphatic heterocycles. The van der Waals surface area contributed by atoms with E-state index in [0.29, 0.717) is 0 Å². The van der Waals surface area contributed by atoms with Crippen LogP contribution in [-0.2, 0) is 6.42 Å². The summed E-state index contributed by atoms with van der Waals surface area (Å²) >= 11 is 0. The van der Waals surface area contributed by atoms with Crippen LogP contribution in [0.3, 0.4) is 0 Å². The number of benzene rings is 2. The molecule has 134 valence electrons. The van der Waals surface area contributed by atoms with Crippen molar-refractivity contribution in [3.63, 3.8) is 0 Å². The maximum absolute atomic E-state index is 5.43. The van der Waals surface area contributed by atoms with Gasteiger partial charge in [-0.25, -0.2) is 4.68 Å². The van der Waals surface area contributed by atoms with Gasteiger partial charge in [0.2, 0.25) is 0 Å². The van der Waals surface area contributed by atoms with Crippen LogP contribution in [0.2, 0.25) is 0 Å². The highest BCUT2D eigenvalue weighted by Crippen LogP contribution is 2.38. The van der Waals surface area contributed by atoms with E-state index in [-0.39, 0.29) is 0 Å². The van der Waals surface area contributed by atoms with E-state index in [4.69, 9.17) is 14.6 Å². The monoisotopic (exact) mass is 349 g/mol. The summed E-state index contributed by atoms with van der Waals surface area (Å²) in [6, 6.07) is 12.3. The predicted molar refractivity (Wildman–Crippen MR) is 104 cm³/mol. The average molecular weight is 349 g/mol. The summed E-state index contributed by atoms with van der Waals surface area (Å²) in [5.74, 6) is 2.61. The second kappa shape index (κ2) is 6.41. The number of nitrogens with one attached hydrogen (secondary N) is 1. The molecule has 1 aromatic heterocycles. The molecule has 3 aromatic rings. The minimum atomic E-state index is 0.764. The van der Waals surface area contributed by atoms with Crippen molar-refractivity contribution in [2.24, 2.45) is 0 Å². The molecule has 5 heteroatoms. The Labute approximate surface area is 153 Å². The van der Waals surface area contributed by atoms with Gasteiger partial charge in [0.05, 0.1) is 25.6 Å². The van der Waals surface area contributed by atoms with Crippen LogP contribution >= 0.6 is 0 Å².